The van der Waals surface area contributed by atoms with Gasteiger partial charge >= 0.3 is 11.2 Å². The first-order chi connectivity index (χ1) is 8.68. The molecule has 2 aromatic heterocycles. The van der Waals surface area contributed by atoms with Gasteiger partial charge in [-0.25, -0.2) is 4.98 Å². The Bertz CT molecular complexity index is 582. The molecule has 0 atom stereocenters. The summed E-state index contributed by atoms with van der Waals surface area (Å²) in [6.07, 6.45) is 2.36. The van der Waals surface area contributed by atoms with Gasteiger partial charge in [0, 0.05) is 6.20 Å². The van der Waals surface area contributed by atoms with Crippen LogP contribution < -0.4 is 5.56 Å². The quantitative estimate of drug-likeness (QED) is 0.630. The van der Waals surface area contributed by atoms with E-state index in [0.717, 1.165) is 6.20 Å². The molecule has 0 spiro atoms. The van der Waals surface area contributed by atoms with Crippen molar-refractivity contribution in [2.24, 2.45) is 0 Å². The largest absolute Gasteiger partial charge is 0.351 e. The lowest BCUT2D eigenvalue weighted by atomic mass is 10.3. The number of hydrogen-bond acceptors (Lipinski definition) is 6. The van der Waals surface area contributed by atoms with Crippen LogP contribution in [0.5, 0.6) is 0 Å². The van der Waals surface area contributed by atoms with Crippen LogP contribution in [0.2, 0.25) is 0 Å². The number of aromatic nitrogens is 4. The number of nitro groups is 1. The lowest BCUT2D eigenvalue weighted by molar-refractivity contribution is -0.386. The fourth-order valence-corrected chi connectivity index (χ4v) is 1.08. The van der Waals surface area contributed by atoms with Gasteiger partial charge in [0.05, 0.1) is 4.92 Å². The second kappa shape index (κ2) is 6.18. The molecule has 0 aliphatic carbocycles. The lowest BCUT2D eigenvalue weighted by Gasteiger charge is -1.96. The number of aromatic amines is 1. The van der Waals surface area contributed by atoms with E-state index in [2.05, 4.69) is 20.2 Å². The molecular formula is C10H11N5O3. The SMILES string of the molecule is CC.O=c1[nH]c(-c2cccnn2)ncc1[N+](=O)[O-]. The zero-order chi connectivity index (χ0) is 13.5. The van der Waals surface area contributed by atoms with Gasteiger partial charge in [0.1, 0.15) is 11.9 Å². The molecule has 2 rings (SSSR count). The van der Waals surface area contributed by atoms with Gasteiger partial charge in [-0.3, -0.25) is 19.9 Å². The average Bonchev–Trinajstić information content (AvgIpc) is 2.41. The van der Waals surface area contributed by atoms with Crippen LogP contribution in [0.1, 0.15) is 13.8 Å². The van der Waals surface area contributed by atoms with E-state index in [0.29, 0.717) is 5.69 Å². The van der Waals surface area contributed by atoms with Crippen molar-refractivity contribution in [3.63, 3.8) is 0 Å². The third kappa shape index (κ3) is 2.94. The highest BCUT2D eigenvalue weighted by Crippen LogP contribution is 2.09. The van der Waals surface area contributed by atoms with Crippen LogP contribution in [0.4, 0.5) is 5.69 Å². The van der Waals surface area contributed by atoms with Crippen LogP contribution in [0.3, 0.4) is 0 Å². The highest BCUT2D eigenvalue weighted by molar-refractivity contribution is 5.47. The predicted octanol–water partition coefficient (Wildman–Crippen LogP) is 1.16. The van der Waals surface area contributed by atoms with Crippen molar-refractivity contribution in [2.75, 3.05) is 0 Å². The minimum atomic E-state index is -0.819. The Morgan fingerprint density at radius 1 is 1.39 bits per heavy atom. The smallest absolute Gasteiger partial charge is 0.299 e. The zero-order valence-electron chi connectivity index (χ0n) is 9.82. The van der Waals surface area contributed by atoms with E-state index in [4.69, 9.17) is 0 Å². The molecule has 0 saturated carbocycles. The Morgan fingerprint density at radius 2 is 2.11 bits per heavy atom. The second-order valence-electron chi connectivity index (χ2n) is 2.81. The Balaban J connectivity index is 0.000000771. The number of nitrogens with one attached hydrogen (secondary N) is 1. The third-order valence-corrected chi connectivity index (χ3v) is 1.79. The fourth-order valence-electron chi connectivity index (χ4n) is 1.08. The molecule has 2 heterocycles. The van der Waals surface area contributed by atoms with Gasteiger partial charge < -0.3 is 0 Å². The van der Waals surface area contributed by atoms with E-state index in [1.807, 2.05) is 13.8 Å². The van der Waals surface area contributed by atoms with E-state index < -0.39 is 16.2 Å². The molecule has 0 aliphatic heterocycles. The first-order valence-corrected chi connectivity index (χ1v) is 5.20. The van der Waals surface area contributed by atoms with Gasteiger partial charge in [-0.15, -0.1) is 5.10 Å². The maximum Gasteiger partial charge on any atom is 0.351 e. The van der Waals surface area contributed by atoms with Crippen LogP contribution in [0.15, 0.2) is 29.3 Å². The summed E-state index contributed by atoms with van der Waals surface area (Å²) in [6.45, 7) is 4.00. The Kier molecular flexibility index (Phi) is 4.61. The van der Waals surface area contributed by atoms with E-state index in [1.165, 1.54) is 6.20 Å². The molecular weight excluding hydrogens is 238 g/mol. The van der Waals surface area contributed by atoms with Gasteiger partial charge in [0.25, 0.3) is 0 Å². The van der Waals surface area contributed by atoms with E-state index in [9.17, 15) is 14.9 Å². The maximum atomic E-state index is 11.3. The average molecular weight is 249 g/mol. The molecule has 0 amide bonds. The summed E-state index contributed by atoms with van der Waals surface area (Å²) in [5.74, 6) is 0.142. The van der Waals surface area contributed by atoms with Gasteiger partial charge in [0.15, 0.2) is 5.82 Å². The summed E-state index contributed by atoms with van der Waals surface area (Å²) in [4.78, 5) is 26.9. The molecule has 8 nitrogen and oxygen atoms in total. The van der Waals surface area contributed by atoms with Crippen molar-refractivity contribution < 1.29 is 4.92 Å². The summed E-state index contributed by atoms with van der Waals surface area (Å²) in [7, 11) is 0. The Labute approximate surface area is 102 Å². The lowest BCUT2D eigenvalue weighted by Crippen LogP contribution is -2.13. The summed E-state index contributed by atoms with van der Waals surface area (Å²) in [5, 5.41) is 17.7. The summed E-state index contributed by atoms with van der Waals surface area (Å²) in [6, 6.07) is 3.20. The highest BCUT2D eigenvalue weighted by Gasteiger charge is 2.14. The molecule has 2 aromatic rings. The van der Waals surface area contributed by atoms with Crippen LogP contribution in [0.25, 0.3) is 11.5 Å². The Morgan fingerprint density at radius 3 is 2.61 bits per heavy atom. The van der Waals surface area contributed by atoms with E-state index >= 15 is 0 Å². The number of rotatable bonds is 2. The second-order valence-corrected chi connectivity index (χ2v) is 2.81. The van der Waals surface area contributed by atoms with E-state index in [1.54, 1.807) is 12.1 Å². The Hall–Kier alpha value is -2.64. The maximum absolute atomic E-state index is 11.3. The monoisotopic (exact) mass is 249 g/mol. The summed E-state index contributed by atoms with van der Waals surface area (Å²) >= 11 is 0. The normalized spacial score (nSPS) is 9.22. The summed E-state index contributed by atoms with van der Waals surface area (Å²) < 4.78 is 0. The summed E-state index contributed by atoms with van der Waals surface area (Å²) in [5.41, 5.74) is -1.08. The van der Waals surface area contributed by atoms with Crippen LogP contribution >= 0.6 is 0 Å². The first kappa shape index (κ1) is 13.4. The minimum absolute atomic E-state index is 0.142. The highest BCUT2D eigenvalue weighted by atomic mass is 16.6. The number of H-pyrrole nitrogens is 1. The molecule has 1 N–H and O–H groups in total. The van der Waals surface area contributed by atoms with Crippen LogP contribution in [0, 0.1) is 10.1 Å². The van der Waals surface area contributed by atoms with Crippen molar-refractivity contribution in [3.05, 3.63) is 45.0 Å². The fraction of sp³-hybridized carbons (Fsp3) is 0.200. The molecule has 0 saturated heterocycles. The van der Waals surface area contributed by atoms with Crippen LogP contribution in [-0.4, -0.2) is 25.1 Å². The van der Waals surface area contributed by atoms with E-state index in [-0.39, 0.29) is 5.82 Å². The van der Waals surface area contributed by atoms with Gasteiger partial charge in [-0.2, -0.15) is 5.10 Å². The number of nitrogens with zero attached hydrogens (tertiary/aromatic N) is 4. The molecule has 0 unspecified atom stereocenters. The topological polar surface area (TPSA) is 115 Å². The molecule has 0 aromatic carbocycles. The third-order valence-electron chi connectivity index (χ3n) is 1.79. The molecule has 94 valence electrons. The molecule has 0 fully saturated rings. The molecule has 18 heavy (non-hydrogen) atoms. The van der Waals surface area contributed by atoms with Crippen molar-refractivity contribution in [1.82, 2.24) is 20.2 Å². The molecule has 0 bridgehead atoms. The minimum Gasteiger partial charge on any atom is -0.299 e. The van der Waals surface area contributed by atoms with Gasteiger partial charge in [-0.1, -0.05) is 13.8 Å². The van der Waals surface area contributed by atoms with Crippen molar-refractivity contribution >= 4 is 5.69 Å². The van der Waals surface area contributed by atoms with Gasteiger partial charge in [0.2, 0.25) is 0 Å². The zero-order valence-corrected chi connectivity index (χ0v) is 9.82. The molecule has 8 heteroatoms. The van der Waals surface area contributed by atoms with Gasteiger partial charge in [-0.05, 0) is 12.1 Å². The molecule has 0 aliphatic rings. The van der Waals surface area contributed by atoms with Crippen molar-refractivity contribution in [2.45, 2.75) is 13.8 Å². The van der Waals surface area contributed by atoms with Crippen molar-refractivity contribution in [3.8, 4) is 11.5 Å². The predicted molar refractivity (Wildman–Crippen MR) is 63.9 cm³/mol. The number of hydrogen-bond donors (Lipinski definition) is 1. The molecule has 0 radical (unpaired) electrons. The van der Waals surface area contributed by atoms with Crippen molar-refractivity contribution in [1.29, 1.82) is 0 Å². The standard InChI is InChI=1S/C8H5N5O3.C2H6/c14-8-6(13(15)16)4-9-7(11-8)5-2-1-3-10-12-5;1-2/h1-4H,(H,9,11,14);1-2H3. The first-order valence-electron chi connectivity index (χ1n) is 5.20. The van der Waals surface area contributed by atoms with Crippen LogP contribution in [-0.2, 0) is 0 Å².